The Hall–Kier alpha value is -0.830. The lowest BCUT2D eigenvalue weighted by Crippen LogP contribution is -2.13. The van der Waals surface area contributed by atoms with Crippen LogP contribution >= 0.6 is 15.9 Å². The molecule has 0 aromatic rings. The van der Waals surface area contributed by atoms with Crippen molar-refractivity contribution in [3.63, 3.8) is 0 Å². The molecule has 2 nitrogen and oxygen atoms in total. The van der Waals surface area contributed by atoms with E-state index in [4.69, 9.17) is 5.11 Å². The smallest absolute Gasteiger partial charge is 0.314 e. The van der Waals surface area contributed by atoms with Gasteiger partial charge < -0.3 is 5.11 Å². The minimum absolute atomic E-state index is 0.559. The minimum atomic E-state index is -0.859. The number of rotatable bonds is 1. The molecule has 0 aliphatic heterocycles. The van der Waals surface area contributed by atoms with Gasteiger partial charge in [0, 0.05) is 4.48 Å². The minimum Gasteiger partial charge on any atom is -0.481 e. The molecule has 0 saturated heterocycles. The summed E-state index contributed by atoms with van der Waals surface area (Å²) in [6, 6.07) is 0. The van der Waals surface area contributed by atoms with Crippen molar-refractivity contribution < 1.29 is 9.90 Å². The zero-order valence-corrected chi connectivity index (χ0v) is 7.34. The van der Waals surface area contributed by atoms with Crippen LogP contribution in [0.2, 0.25) is 0 Å². The third kappa shape index (κ3) is 1.80. The summed E-state index contributed by atoms with van der Waals surface area (Å²) in [6.07, 6.45) is 5.03. The summed E-state index contributed by atoms with van der Waals surface area (Å²) in [6.45, 7) is 3.63. The van der Waals surface area contributed by atoms with Gasteiger partial charge in [-0.1, -0.05) is 34.7 Å². The number of carboxylic acid groups (broad SMARTS) is 1. The van der Waals surface area contributed by atoms with E-state index in [-0.39, 0.29) is 0 Å². The molecule has 0 aromatic heterocycles. The first kappa shape index (κ1) is 8.27. The molecule has 1 rings (SSSR count). The van der Waals surface area contributed by atoms with Gasteiger partial charge in [0.1, 0.15) is 0 Å². The molecule has 0 bridgehead atoms. The van der Waals surface area contributed by atoms with Gasteiger partial charge >= 0.3 is 5.97 Å². The lowest BCUT2D eigenvalue weighted by molar-refractivity contribution is -0.138. The third-order valence-corrected chi connectivity index (χ3v) is 1.93. The predicted molar refractivity (Wildman–Crippen MR) is 46.4 cm³/mol. The van der Waals surface area contributed by atoms with Crippen LogP contribution in [-0.2, 0) is 4.79 Å². The molecule has 1 unspecified atom stereocenters. The lowest BCUT2D eigenvalue weighted by Gasteiger charge is -2.11. The predicted octanol–water partition coefficient (Wildman–Crippen LogP) is 2.09. The third-order valence-electron chi connectivity index (χ3n) is 1.44. The summed E-state index contributed by atoms with van der Waals surface area (Å²) in [5, 5.41) is 8.64. The maximum atomic E-state index is 10.5. The van der Waals surface area contributed by atoms with E-state index in [9.17, 15) is 4.79 Å². The molecule has 0 saturated carbocycles. The molecule has 1 atom stereocenters. The Bertz CT molecular complexity index is 263. The monoisotopic (exact) mass is 214 g/mol. The molecule has 0 spiro atoms. The zero-order chi connectivity index (χ0) is 8.43. The van der Waals surface area contributed by atoms with E-state index in [0.29, 0.717) is 5.57 Å². The number of halogens is 1. The molecule has 1 aliphatic carbocycles. The molecule has 0 aromatic carbocycles. The van der Waals surface area contributed by atoms with Gasteiger partial charge in [-0.2, -0.15) is 0 Å². The molecular weight excluding hydrogens is 208 g/mol. The lowest BCUT2D eigenvalue weighted by atomic mass is 9.96. The average Bonchev–Trinajstić information content (AvgIpc) is 1.85. The van der Waals surface area contributed by atoms with E-state index in [0.717, 1.165) is 4.48 Å². The van der Waals surface area contributed by atoms with Crippen LogP contribution < -0.4 is 0 Å². The summed E-state index contributed by atoms with van der Waals surface area (Å²) in [4.78, 5) is 10.5. The molecule has 0 fully saturated rings. The van der Waals surface area contributed by atoms with E-state index in [1.54, 1.807) is 18.2 Å². The topological polar surface area (TPSA) is 37.3 Å². The first-order valence-corrected chi connectivity index (χ1v) is 3.87. The number of aliphatic carboxylic acids is 1. The number of carbonyl (C=O) groups is 1. The van der Waals surface area contributed by atoms with Crippen LogP contribution in [0.25, 0.3) is 0 Å². The Morgan fingerprint density at radius 1 is 1.73 bits per heavy atom. The van der Waals surface area contributed by atoms with Crippen molar-refractivity contribution in [1.29, 1.82) is 0 Å². The summed E-state index contributed by atoms with van der Waals surface area (Å²) in [5.74, 6) is -1.42. The second kappa shape index (κ2) is 3.05. The maximum Gasteiger partial charge on any atom is 0.314 e. The summed E-state index contributed by atoms with van der Waals surface area (Å²) < 4.78 is 0.861. The van der Waals surface area contributed by atoms with Gasteiger partial charge in [-0.05, 0) is 11.6 Å². The maximum absolute atomic E-state index is 10.5. The Morgan fingerprint density at radius 3 is 2.82 bits per heavy atom. The van der Waals surface area contributed by atoms with Crippen LogP contribution in [0.5, 0.6) is 0 Å². The van der Waals surface area contributed by atoms with Crippen LogP contribution in [0.4, 0.5) is 0 Å². The first-order chi connectivity index (χ1) is 5.11. The van der Waals surface area contributed by atoms with Gasteiger partial charge in [0.25, 0.3) is 0 Å². The van der Waals surface area contributed by atoms with Crippen molar-refractivity contribution in [2.45, 2.75) is 0 Å². The first-order valence-electron chi connectivity index (χ1n) is 3.08. The number of carboxylic acids is 1. The van der Waals surface area contributed by atoms with Gasteiger partial charge in [-0.15, -0.1) is 0 Å². The van der Waals surface area contributed by atoms with Crippen LogP contribution in [0.15, 0.2) is 34.9 Å². The quantitative estimate of drug-likeness (QED) is 0.727. The van der Waals surface area contributed by atoms with Crippen LogP contribution in [0, 0.1) is 5.92 Å². The highest BCUT2D eigenvalue weighted by Gasteiger charge is 2.18. The van der Waals surface area contributed by atoms with Gasteiger partial charge in [0.05, 0.1) is 5.92 Å². The average molecular weight is 215 g/mol. The SMILES string of the molecule is C=C1C=C(Br)C=CC1C(=O)O. The molecule has 1 aliphatic rings. The molecule has 58 valence electrons. The van der Waals surface area contributed by atoms with Crippen molar-refractivity contribution in [3.8, 4) is 0 Å². The largest absolute Gasteiger partial charge is 0.481 e. The fourth-order valence-electron chi connectivity index (χ4n) is 0.868. The Kier molecular flexibility index (Phi) is 2.29. The van der Waals surface area contributed by atoms with Crippen LogP contribution in [-0.4, -0.2) is 11.1 Å². The van der Waals surface area contributed by atoms with Crippen molar-refractivity contribution in [2.24, 2.45) is 5.92 Å². The fraction of sp³-hybridized carbons (Fsp3) is 0.125. The van der Waals surface area contributed by atoms with Gasteiger partial charge in [-0.25, -0.2) is 0 Å². The van der Waals surface area contributed by atoms with E-state index in [1.165, 1.54) is 0 Å². The van der Waals surface area contributed by atoms with Crippen molar-refractivity contribution >= 4 is 21.9 Å². The van der Waals surface area contributed by atoms with E-state index in [2.05, 4.69) is 22.5 Å². The highest BCUT2D eigenvalue weighted by Crippen LogP contribution is 2.23. The highest BCUT2D eigenvalue weighted by molar-refractivity contribution is 9.11. The number of allylic oxidation sites excluding steroid dienone is 3. The van der Waals surface area contributed by atoms with Crippen molar-refractivity contribution in [1.82, 2.24) is 0 Å². The molecule has 0 amide bonds. The molecule has 0 heterocycles. The van der Waals surface area contributed by atoms with Crippen molar-refractivity contribution in [2.75, 3.05) is 0 Å². The fourth-order valence-corrected chi connectivity index (χ4v) is 1.31. The molecule has 3 heteroatoms. The molecular formula is C8H7BrO2. The second-order valence-corrected chi connectivity index (χ2v) is 3.19. The molecule has 1 N–H and O–H groups in total. The van der Waals surface area contributed by atoms with Crippen LogP contribution in [0.1, 0.15) is 0 Å². The van der Waals surface area contributed by atoms with Crippen LogP contribution in [0.3, 0.4) is 0 Å². The highest BCUT2D eigenvalue weighted by atomic mass is 79.9. The number of hydrogen-bond acceptors (Lipinski definition) is 1. The normalized spacial score (nSPS) is 23.2. The van der Waals surface area contributed by atoms with E-state index in [1.807, 2.05) is 0 Å². The van der Waals surface area contributed by atoms with E-state index >= 15 is 0 Å². The van der Waals surface area contributed by atoms with Gasteiger partial charge in [0.2, 0.25) is 0 Å². The summed E-state index contributed by atoms with van der Waals surface area (Å²) >= 11 is 3.23. The van der Waals surface area contributed by atoms with Gasteiger partial charge in [-0.3, -0.25) is 4.79 Å². The summed E-state index contributed by atoms with van der Waals surface area (Å²) in [5.41, 5.74) is 0.604. The Morgan fingerprint density at radius 2 is 2.36 bits per heavy atom. The Balaban J connectivity index is 2.86. The second-order valence-electron chi connectivity index (χ2n) is 2.28. The molecule has 0 radical (unpaired) electrons. The standard InChI is InChI=1S/C8H7BrO2/c1-5-4-6(9)2-3-7(5)8(10)11/h2-4,7H,1H2,(H,10,11). The van der Waals surface area contributed by atoms with Gasteiger partial charge in [0.15, 0.2) is 0 Å². The zero-order valence-electron chi connectivity index (χ0n) is 5.75. The van der Waals surface area contributed by atoms with E-state index < -0.39 is 11.9 Å². The Labute approximate surface area is 73.0 Å². The van der Waals surface area contributed by atoms with Crippen molar-refractivity contribution in [3.05, 3.63) is 34.9 Å². The summed E-state index contributed by atoms with van der Waals surface area (Å²) in [7, 11) is 0. The number of hydrogen-bond donors (Lipinski definition) is 1. The molecule has 11 heavy (non-hydrogen) atoms.